The zero-order valence-corrected chi connectivity index (χ0v) is 14.8. The standard InChI is InChI=1S/C21H19ClN2O/c1-14-2-4-16(5-3-14)21(25)24-10-8-15(9-11-24)19-13-23-20-7-6-17(22)12-18(19)20/h2-8,12-13,23H,9-11H2,1H3. The Morgan fingerprint density at radius 3 is 2.68 bits per heavy atom. The molecule has 4 rings (SSSR count). The van der Waals surface area contributed by atoms with Crippen LogP contribution in [0.1, 0.15) is 27.9 Å². The first kappa shape index (κ1) is 16.0. The fraction of sp³-hybridized carbons (Fsp3) is 0.190. The molecular weight excluding hydrogens is 332 g/mol. The Bertz CT molecular complexity index is 969. The number of rotatable bonds is 2. The molecule has 0 atom stereocenters. The van der Waals surface area contributed by atoms with Crippen LogP contribution in [0.25, 0.3) is 16.5 Å². The molecule has 3 aromatic rings. The van der Waals surface area contributed by atoms with Crippen molar-refractivity contribution in [3.63, 3.8) is 0 Å². The van der Waals surface area contributed by atoms with Crippen LogP contribution < -0.4 is 0 Å². The van der Waals surface area contributed by atoms with E-state index in [-0.39, 0.29) is 5.91 Å². The van der Waals surface area contributed by atoms with Gasteiger partial charge in [-0.25, -0.2) is 0 Å². The first-order chi connectivity index (χ1) is 12.1. The van der Waals surface area contributed by atoms with Crippen molar-refractivity contribution in [3.05, 3.63) is 76.5 Å². The van der Waals surface area contributed by atoms with Crippen LogP contribution in [0, 0.1) is 6.92 Å². The predicted molar refractivity (Wildman–Crippen MR) is 103 cm³/mol. The largest absolute Gasteiger partial charge is 0.361 e. The van der Waals surface area contributed by atoms with Crippen molar-refractivity contribution in [1.82, 2.24) is 9.88 Å². The predicted octanol–water partition coefficient (Wildman–Crippen LogP) is 5.06. The molecule has 0 saturated heterocycles. The number of hydrogen-bond donors (Lipinski definition) is 1. The van der Waals surface area contributed by atoms with Crippen LogP contribution in [-0.4, -0.2) is 28.9 Å². The van der Waals surface area contributed by atoms with Gasteiger partial charge < -0.3 is 9.88 Å². The molecule has 0 aliphatic carbocycles. The number of halogens is 1. The monoisotopic (exact) mass is 350 g/mol. The van der Waals surface area contributed by atoms with E-state index in [1.54, 1.807) is 0 Å². The molecule has 1 aromatic heterocycles. The molecule has 0 fully saturated rings. The average molecular weight is 351 g/mol. The number of aromatic amines is 1. The third-order valence-corrected chi connectivity index (χ3v) is 5.02. The molecule has 0 spiro atoms. The van der Waals surface area contributed by atoms with Gasteiger partial charge in [-0.1, -0.05) is 35.4 Å². The van der Waals surface area contributed by atoms with Crippen molar-refractivity contribution in [2.75, 3.05) is 13.1 Å². The number of carbonyl (C=O) groups is 1. The lowest BCUT2D eigenvalue weighted by Crippen LogP contribution is -2.34. The van der Waals surface area contributed by atoms with E-state index in [4.69, 9.17) is 11.6 Å². The summed E-state index contributed by atoms with van der Waals surface area (Å²) in [5.74, 6) is 0.0947. The molecule has 1 N–H and O–H groups in total. The van der Waals surface area contributed by atoms with Crippen molar-refractivity contribution in [2.24, 2.45) is 0 Å². The Kier molecular flexibility index (Phi) is 4.10. The van der Waals surface area contributed by atoms with E-state index in [1.165, 1.54) is 11.1 Å². The van der Waals surface area contributed by atoms with Gasteiger partial charge >= 0.3 is 0 Å². The molecule has 0 radical (unpaired) electrons. The number of H-pyrrole nitrogens is 1. The molecule has 3 nitrogen and oxygen atoms in total. The Balaban J connectivity index is 1.56. The topological polar surface area (TPSA) is 36.1 Å². The lowest BCUT2D eigenvalue weighted by molar-refractivity contribution is 0.0773. The number of amides is 1. The summed E-state index contributed by atoms with van der Waals surface area (Å²) in [5.41, 5.74) is 5.44. The van der Waals surface area contributed by atoms with Gasteiger partial charge in [-0.05, 0) is 49.2 Å². The second-order valence-corrected chi connectivity index (χ2v) is 6.93. The summed E-state index contributed by atoms with van der Waals surface area (Å²) < 4.78 is 0. The minimum atomic E-state index is 0.0947. The molecule has 0 saturated carbocycles. The molecule has 25 heavy (non-hydrogen) atoms. The van der Waals surface area contributed by atoms with Crippen molar-refractivity contribution in [3.8, 4) is 0 Å². The molecule has 0 unspecified atom stereocenters. The summed E-state index contributed by atoms with van der Waals surface area (Å²) in [6.45, 7) is 3.39. The van der Waals surface area contributed by atoms with E-state index >= 15 is 0 Å². The fourth-order valence-electron chi connectivity index (χ4n) is 3.34. The lowest BCUT2D eigenvalue weighted by Gasteiger charge is -2.26. The van der Waals surface area contributed by atoms with Crippen molar-refractivity contribution in [1.29, 1.82) is 0 Å². The van der Waals surface area contributed by atoms with Crippen LogP contribution in [0.15, 0.2) is 54.7 Å². The Morgan fingerprint density at radius 2 is 1.96 bits per heavy atom. The van der Waals surface area contributed by atoms with E-state index in [9.17, 15) is 4.79 Å². The molecule has 1 amide bonds. The highest BCUT2D eigenvalue weighted by Gasteiger charge is 2.20. The van der Waals surface area contributed by atoms with Crippen molar-refractivity contribution >= 4 is 34.0 Å². The highest BCUT2D eigenvalue weighted by Crippen LogP contribution is 2.31. The molecule has 1 aliphatic heterocycles. The lowest BCUT2D eigenvalue weighted by atomic mass is 9.98. The summed E-state index contributed by atoms with van der Waals surface area (Å²) in [4.78, 5) is 17.8. The zero-order valence-electron chi connectivity index (χ0n) is 14.1. The highest BCUT2D eigenvalue weighted by atomic mass is 35.5. The van der Waals surface area contributed by atoms with Gasteiger partial charge in [0.15, 0.2) is 0 Å². The molecule has 2 heterocycles. The first-order valence-corrected chi connectivity index (χ1v) is 8.81. The Hall–Kier alpha value is -2.52. The van der Waals surface area contributed by atoms with Crippen LogP contribution in [0.2, 0.25) is 5.02 Å². The van der Waals surface area contributed by atoms with Crippen molar-refractivity contribution < 1.29 is 4.79 Å². The maximum atomic E-state index is 12.6. The highest BCUT2D eigenvalue weighted by molar-refractivity contribution is 6.31. The van der Waals surface area contributed by atoms with E-state index in [0.717, 1.165) is 40.0 Å². The molecule has 2 aromatic carbocycles. The summed E-state index contributed by atoms with van der Waals surface area (Å²) >= 11 is 6.14. The molecule has 126 valence electrons. The quantitative estimate of drug-likeness (QED) is 0.689. The molecule has 4 heteroatoms. The van der Waals surface area contributed by atoms with Gasteiger partial charge in [0, 0.05) is 46.3 Å². The fourth-order valence-corrected chi connectivity index (χ4v) is 3.51. The molecular formula is C21H19ClN2O. The Morgan fingerprint density at radius 1 is 1.16 bits per heavy atom. The molecule has 0 bridgehead atoms. The summed E-state index contributed by atoms with van der Waals surface area (Å²) in [5, 5.41) is 1.87. The van der Waals surface area contributed by atoms with Crippen molar-refractivity contribution in [2.45, 2.75) is 13.3 Å². The number of fused-ring (bicyclic) bond motifs is 1. The average Bonchev–Trinajstić information content (AvgIpc) is 3.05. The number of aryl methyl sites for hydroxylation is 1. The second-order valence-electron chi connectivity index (χ2n) is 6.49. The normalized spacial score (nSPS) is 14.6. The van der Waals surface area contributed by atoms with E-state index in [1.807, 2.05) is 60.5 Å². The summed E-state index contributed by atoms with van der Waals surface area (Å²) in [7, 11) is 0. The summed E-state index contributed by atoms with van der Waals surface area (Å²) in [6, 6.07) is 13.6. The number of nitrogens with zero attached hydrogens (tertiary/aromatic N) is 1. The second kappa shape index (κ2) is 6.41. The number of hydrogen-bond acceptors (Lipinski definition) is 1. The first-order valence-electron chi connectivity index (χ1n) is 8.44. The van der Waals surface area contributed by atoms with Crippen LogP contribution in [0.5, 0.6) is 0 Å². The third kappa shape index (κ3) is 3.08. The van der Waals surface area contributed by atoms with Gasteiger partial charge in [-0.15, -0.1) is 0 Å². The van der Waals surface area contributed by atoms with Crippen LogP contribution in [-0.2, 0) is 0 Å². The van der Waals surface area contributed by atoms with E-state index in [2.05, 4.69) is 11.1 Å². The smallest absolute Gasteiger partial charge is 0.254 e. The van der Waals surface area contributed by atoms with Crippen LogP contribution in [0.4, 0.5) is 0 Å². The van der Waals surface area contributed by atoms with Gasteiger partial charge in [0.25, 0.3) is 5.91 Å². The van der Waals surface area contributed by atoms with Gasteiger partial charge in [0.2, 0.25) is 0 Å². The minimum absolute atomic E-state index is 0.0947. The van der Waals surface area contributed by atoms with Gasteiger partial charge in [0.1, 0.15) is 0 Å². The van der Waals surface area contributed by atoms with E-state index < -0.39 is 0 Å². The maximum absolute atomic E-state index is 12.6. The number of carbonyl (C=O) groups excluding carboxylic acids is 1. The number of nitrogens with one attached hydrogen (secondary N) is 1. The van der Waals surface area contributed by atoms with Gasteiger partial charge in [-0.2, -0.15) is 0 Å². The third-order valence-electron chi connectivity index (χ3n) is 4.78. The summed E-state index contributed by atoms with van der Waals surface area (Å²) in [6.07, 6.45) is 5.03. The van der Waals surface area contributed by atoms with Crippen LogP contribution >= 0.6 is 11.6 Å². The minimum Gasteiger partial charge on any atom is -0.361 e. The number of benzene rings is 2. The van der Waals surface area contributed by atoms with Gasteiger partial charge in [0.05, 0.1) is 0 Å². The van der Waals surface area contributed by atoms with Gasteiger partial charge in [-0.3, -0.25) is 4.79 Å². The number of aromatic nitrogens is 1. The SMILES string of the molecule is Cc1ccc(C(=O)N2CC=C(c3c[nH]c4ccc(Cl)cc34)CC2)cc1. The molecule has 1 aliphatic rings. The Labute approximate surface area is 151 Å². The maximum Gasteiger partial charge on any atom is 0.254 e. The van der Waals surface area contributed by atoms with E-state index in [0.29, 0.717) is 6.54 Å². The van der Waals surface area contributed by atoms with Crippen LogP contribution in [0.3, 0.4) is 0 Å². The zero-order chi connectivity index (χ0) is 17.4.